The number of aliphatic imine (C=N–C) groups is 1. The Morgan fingerprint density at radius 1 is 1.19 bits per heavy atom. The number of thioether (sulfide) groups is 1. The molecule has 1 amide bonds. The van der Waals surface area contributed by atoms with Crippen molar-refractivity contribution in [3.8, 4) is 17.2 Å². The van der Waals surface area contributed by atoms with Crippen LogP contribution >= 0.6 is 11.8 Å². The Balaban J connectivity index is 1.61. The summed E-state index contributed by atoms with van der Waals surface area (Å²) in [5.74, 6) is 2.14. The van der Waals surface area contributed by atoms with Crippen molar-refractivity contribution in [3.63, 3.8) is 0 Å². The van der Waals surface area contributed by atoms with Crippen LogP contribution < -0.4 is 14.2 Å². The quantitative estimate of drug-likeness (QED) is 0.747. The molecule has 0 radical (unpaired) electrons. The number of ether oxygens (including phenoxy) is 3. The molecule has 4 rings (SSSR count). The van der Waals surface area contributed by atoms with Gasteiger partial charge in [0.15, 0.2) is 16.7 Å². The molecule has 0 aliphatic carbocycles. The van der Waals surface area contributed by atoms with Crippen molar-refractivity contribution in [2.75, 3.05) is 20.4 Å². The molecule has 2 aromatic carbocycles. The first-order chi connectivity index (χ1) is 13.2. The lowest BCUT2D eigenvalue weighted by Gasteiger charge is -2.12. The molecule has 0 bridgehead atoms. The number of fused-ring (bicyclic) bond motifs is 1. The first-order valence-corrected chi connectivity index (χ1v) is 9.33. The van der Waals surface area contributed by atoms with E-state index in [1.54, 1.807) is 12.0 Å². The van der Waals surface area contributed by atoms with E-state index in [1.807, 2.05) is 55.5 Å². The van der Waals surface area contributed by atoms with Crippen LogP contribution in [0.3, 0.4) is 0 Å². The van der Waals surface area contributed by atoms with E-state index in [1.165, 1.54) is 11.8 Å². The summed E-state index contributed by atoms with van der Waals surface area (Å²) in [6.07, 6.45) is 1.86. The second-order valence-corrected chi connectivity index (χ2v) is 6.87. The van der Waals surface area contributed by atoms with Crippen molar-refractivity contribution in [2.45, 2.75) is 6.92 Å². The SMILES string of the molecule is CCN1C(=O)C(=Cc2ccc3c(c2)OCO3)SC1=Nc1ccc(OC)cc1. The van der Waals surface area contributed by atoms with Gasteiger partial charge >= 0.3 is 0 Å². The lowest BCUT2D eigenvalue weighted by atomic mass is 10.2. The predicted octanol–water partition coefficient (Wildman–Crippen LogP) is 4.05. The summed E-state index contributed by atoms with van der Waals surface area (Å²) in [6, 6.07) is 13.1. The van der Waals surface area contributed by atoms with Crippen LogP contribution in [0.4, 0.5) is 5.69 Å². The highest BCUT2D eigenvalue weighted by molar-refractivity contribution is 8.18. The van der Waals surface area contributed by atoms with Crippen molar-refractivity contribution >= 4 is 34.6 Å². The molecule has 0 N–H and O–H groups in total. The third kappa shape index (κ3) is 3.50. The van der Waals surface area contributed by atoms with Crippen molar-refractivity contribution in [2.24, 2.45) is 4.99 Å². The molecule has 138 valence electrons. The van der Waals surface area contributed by atoms with Crippen LogP contribution in [0.25, 0.3) is 6.08 Å². The number of rotatable bonds is 4. The highest BCUT2D eigenvalue weighted by atomic mass is 32.2. The molecular weight excluding hydrogens is 364 g/mol. The fourth-order valence-electron chi connectivity index (χ4n) is 2.79. The normalized spacial score (nSPS) is 18.6. The Morgan fingerprint density at radius 2 is 1.96 bits per heavy atom. The summed E-state index contributed by atoms with van der Waals surface area (Å²) < 4.78 is 15.9. The summed E-state index contributed by atoms with van der Waals surface area (Å²) in [6.45, 7) is 2.72. The molecule has 6 nitrogen and oxygen atoms in total. The van der Waals surface area contributed by atoms with Gasteiger partial charge in [0.05, 0.1) is 17.7 Å². The fraction of sp³-hybridized carbons (Fsp3) is 0.200. The van der Waals surface area contributed by atoms with E-state index < -0.39 is 0 Å². The second-order valence-electron chi connectivity index (χ2n) is 5.87. The summed E-state index contributed by atoms with van der Waals surface area (Å²) in [5.41, 5.74) is 1.66. The molecule has 0 saturated carbocycles. The molecule has 0 spiro atoms. The first kappa shape index (κ1) is 17.5. The molecule has 2 aliphatic heterocycles. The molecule has 0 atom stereocenters. The molecule has 1 fully saturated rings. The number of likely N-dealkylation sites (N-methyl/N-ethyl adjacent to an activating group) is 1. The minimum Gasteiger partial charge on any atom is -0.497 e. The Kier molecular flexibility index (Phi) is 4.77. The van der Waals surface area contributed by atoms with E-state index >= 15 is 0 Å². The van der Waals surface area contributed by atoms with Crippen LogP contribution in [0.1, 0.15) is 12.5 Å². The Morgan fingerprint density at radius 3 is 2.70 bits per heavy atom. The number of carbonyl (C=O) groups is 1. The van der Waals surface area contributed by atoms with Crippen molar-refractivity contribution in [1.29, 1.82) is 0 Å². The summed E-state index contributed by atoms with van der Waals surface area (Å²) in [7, 11) is 1.62. The van der Waals surface area contributed by atoms with E-state index in [4.69, 9.17) is 14.2 Å². The van der Waals surface area contributed by atoms with Gasteiger partial charge in [0.25, 0.3) is 5.91 Å². The second kappa shape index (κ2) is 7.36. The molecule has 2 aliphatic rings. The number of carbonyl (C=O) groups excluding carboxylic acids is 1. The third-order valence-corrected chi connectivity index (χ3v) is 5.20. The molecule has 0 unspecified atom stereocenters. The fourth-order valence-corrected chi connectivity index (χ4v) is 3.85. The number of nitrogens with zero attached hydrogens (tertiary/aromatic N) is 2. The highest BCUT2D eigenvalue weighted by Gasteiger charge is 2.32. The molecule has 27 heavy (non-hydrogen) atoms. The standard InChI is InChI=1S/C20H18N2O4S/c1-3-22-19(23)18(11-13-4-9-16-17(10-13)26-12-25-16)27-20(22)21-14-5-7-15(24-2)8-6-14/h4-11H,3,12H2,1-2H3. The zero-order valence-corrected chi connectivity index (χ0v) is 15.8. The lowest BCUT2D eigenvalue weighted by Crippen LogP contribution is -2.28. The Labute approximate surface area is 161 Å². The molecule has 2 aromatic rings. The Bertz CT molecular complexity index is 937. The number of methoxy groups -OCH3 is 1. The van der Waals surface area contributed by atoms with E-state index in [2.05, 4.69) is 4.99 Å². The smallest absolute Gasteiger partial charge is 0.266 e. The van der Waals surface area contributed by atoms with Crippen LogP contribution in [0.15, 0.2) is 52.4 Å². The average Bonchev–Trinajstić information content (AvgIpc) is 3.26. The minimum absolute atomic E-state index is 0.0487. The van der Waals surface area contributed by atoms with E-state index in [9.17, 15) is 4.79 Å². The maximum absolute atomic E-state index is 12.8. The minimum atomic E-state index is -0.0487. The van der Waals surface area contributed by atoms with Crippen LogP contribution in [-0.4, -0.2) is 36.4 Å². The summed E-state index contributed by atoms with van der Waals surface area (Å²) >= 11 is 1.37. The van der Waals surface area contributed by atoms with Crippen LogP contribution in [0.5, 0.6) is 17.2 Å². The maximum Gasteiger partial charge on any atom is 0.266 e. The van der Waals surface area contributed by atoms with Crippen LogP contribution in [0, 0.1) is 0 Å². The first-order valence-electron chi connectivity index (χ1n) is 8.51. The lowest BCUT2D eigenvalue weighted by molar-refractivity contribution is -0.122. The van der Waals surface area contributed by atoms with E-state index in [0.29, 0.717) is 22.4 Å². The summed E-state index contributed by atoms with van der Waals surface area (Å²) in [4.78, 5) is 19.7. The van der Waals surface area contributed by atoms with E-state index in [0.717, 1.165) is 22.7 Å². The number of hydrogen-bond donors (Lipinski definition) is 0. The third-order valence-electron chi connectivity index (χ3n) is 4.20. The van der Waals surface area contributed by atoms with Crippen molar-refractivity contribution < 1.29 is 19.0 Å². The molecule has 7 heteroatoms. The predicted molar refractivity (Wildman–Crippen MR) is 106 cm³/mol. The van der Waals surface area contributed by atoms with Gasteiger partial charge in [-0.2, -0.15) is 0 Å². The largest absolute Gasteiger partial charge is 0.497 e. The van der Waals surface area contributed by atoms with Gasteiger partial charge in [-0.3, -0.25) is 9.69 Å². The number of amidine groups is 1. The van der Waals surface area contributed by atoms with Gasteiger partial charge in [0.2, 0.25) is 6.79 Å². The molecule has 0 aromatic heterocycles. The monoisotopic (exact) mass is 382 g/mol. The van der Waals surface area contributed by atoms with Gasteiger partial charge in [-0.1, -0.05) is 6.07 Å². The molecule has 2 heterocycles. The highest BCUT2D eigenvalue weighted by Crippen LogP contribution is 2.37. The molecule has 1 saturated heterocycles. The Hall–Kier alpha value is -2.93. The van der Waals surface area contributed by atoms with Gasteiger partial charge < -0.3 is 14.2 Å². The zero-order valence-electron chi connectivity index (χ0n) is 15.0. The zero-order chi connectivity index (χ0) is 18.8. The van der Waals surface area contributed by atoms with E-state index in [-0.39, 0.29) is 12.7 Å². The number of amides is 1. The van der Waals surface area contributed by atoms with Crippen molar-refractivity contribution in [1.82, 2.24) is 4.90 Å². The van der Waals surface area contributed by atoms with Gasteiger partial charge in [-0.25, -0.2) is 4.99 Å². The number of benzene rings is 2. The van der Waals surface area contributed by atoms with Gasteiger partial charge in [0.1, 0.15) is 5.75 Å². The topological polar surface area (TPSA) is 60.4 Å². The van der Waals surface area contributed by atoms with Gasteiger partial charge in [-0.15, -0.1) is 0 Å². The average molecular weight is 382 g/mol. The summed E-state index contributed by atoms with van der Waals surface area (Å²) in [5, 5.41) is 0.666. The van der Waals surface area contributed by atoms with Crippen LogP contribution in [0.2, 0.25) is 0 Å². The van der Waals surface area contributed by atoms with Crippen LogP contribution in [-0.2, 0) is 4.79 Å². The van der Waals surface area contributed by atoms with Gasteiger partial charge in [-0.05, 0) is 66.7 Å². The maximum atomic E-state index is 12.8. The molecular formula is C20H18N2O4S. The van der Waals surface area contributed by atoms with Crippen molar-refractivity contribution in [3.05, 3.63) is 52.9 Å². The number of hydrogen-bond acceptors (Lipinski definition) is 6. The van der Waals surface area contributed by atoms with Gasteiger partial charge in [0, 0.05) is 6.54 Å².